The van der Waals surface area contributed by atoms with Crippen molar-refractivity contribution in [3.8, 4) is 0 Å². The highest BCUT2D eigenvalue weighted by molar-refractivity contribution is 14.0. The van der Waals surface area contributed by atoms with Gasteiger partial charge in [-0.25, -0.2) is 4.99 Å². The Kier molecular flexibility index (Phi) is 11.1. The van der Waals surface area contributed by atoms with E-state index in [2.05, 4.69) is 40.7 Å². The number of rotatable bonds is 9. The Balaban J connectivity index is 0.00000338. The minimum atomic E-state index is 0. The molecule has 26 heavy (non-hydrogen) atoms. The molecule has 1 saturated heterocycles. The van der Waals surface area contributed by atoms with Crippen LogP contribution in [0.3, 0.4) is 0 Å². The van der Waals surface area contributed by atoms with Crippen molar-refractivity contribution >= 4 is 29.9 Å². The van der Waals surface area contributed by atoms with Crippen molar-refractivity contribution in [2.45, 2.75) is 32.9 Å². The van der Waals surface area contributed by atoms with Crippen molar-refractivity contribution in [3.05, 3.63) is 35.4 Å². The van der Waals surface area contributed by atoms with Crippen molar-refractivity contribution in [1.29, 1.82) is 0 Å². The largest absolute Gasteiger partial charge is 0.396 e. The van der Waals surface area contributed by atoms with Gasteiger partial charge < -0.3 is 25.2 Å². The van der Waals surface area contributed by atoms with Gasteiger partial charge in [-0.3, -0.25) is 0 Å². The number of halogens is 1. The van der Waals surface area contributed by atoms with E-state index < -0.39 is 0 Å². The van der Waals surface area contributed by atoms with Gasteiger partial charge in [0.1, 0.15) is 0 Å². The Labute approximate surface area is 173 Å². The molecule has 0 radical (unpaired) electrons. The molecule has 3 N–H and O–H groups in total. The number of hydrogen-bond acceptors (Lipinski definition) is 4. The van der Waals surface area contributed by atoms with E-state index in [0.29, 0.717) is 19.8 Å². The van der Waals surface area contributed by atoms with E-state index in [-0.39, 0.29) is 36.0 Å². The first-order valence-electron chi connectivity index (χ1n) is 8.99. The number of aliphatic hydroxyl groups excluding tert-OH is 1. The van der Waals surface area contributed by atoms with E-state index in [1.54, 1.807) is 7.11 Å². The van der Waals surface area contributed by atoms with Gasteiger partial charge in [-0.05, 0) is 30.9 Å². The van der Waals surface area contributed by atoms with Gasteiger partial charge in [-0.2, -0.15) is 0 Å². The molecule has 1 aliphatic rings. The smallest absolute Gasteiger partial charge is 0.191 e. The number of guanidine groups is 1. The minimum Gasteiger partial charge on any atom is -0.396 e. The lowest BCUT2D eigenvalue weighted by Crippen LogP contribution is -2.44. The van der Waals surface area contributed by atoms with E-state index in [1.165, 1.54) is 0 Å². The molecule has 1 heterocycles. The van der Waals surface area contributed by atoms with Crippen LogP contribution in [0.15, 0.2) is 29.3 Å². The van der Waals surface area contributed by atoms with Crippen molar-refractivity contribution < 1.29 is 14.6 Å². The zero-order valence-corrected chi connectivity index (χ0v) is 18.1. The molecule has 1 aliphatic heterocycles. The number of ether oxygens (including phenoxy) is 2. The number of aliphatic imine (C=N–C) groups is 1. The summed E-state index contributed by atoms with van der Waals surface area (Å²) in [4.78, 5) is 4.69. The lowest BCUT2D eigenvalue weighted by atomic mass is 9.84. The van der Waals surface area contributed by atoms with Crippen LogP contribution in [0.5, 0.6) is 0 Å². The van der Waals surface area contributed by atoms with E-state index in [0.717, 1.165) is 49.6 Å². The summed E-state index contributed by atoms with van der Waals surface area (Å²) < 4.78 is 10.7. The molecule has 1 fully saturated rings. The molecule has 6 nitrogen and oxygen atoms in total. The molecule has 1 atom stereocenters. The van der Waals surface area contributed by atoms with Crippen LogP contribution in [0.25, 0.3) is 0 Å². The fraction of sp³-hybridized carbons (Fsp3) is 0.632. The molecule has 0 amide bonds. The summed E-state index contributed by atoms with van der Waals surface area (Å²) in [6.07, 6.45) is 1.72. The number of aliphatic hydroxyl groups is 1. The summed E-state index contributed by atoms with van der Waals surface area (Å²) >= 11 is 0. The highest BCUT2D eigenvalue weighted by Gasteiger charge is 2.34. The molecule has 0 spiro atoms. The van der Waals surface area contributed by atoms with Gasteiger partial charge in [0.05, 0.1) is 19.8 Å². The maximum absolute atomic E-state index is 9.34. The second-order valence-electron chi connectivity index (χ2n) is 6.58. The summed E-state index contributed by atoms with van der Waals surface area (Å²) in [7, 11) is 1.70. The maximum atomic E-state index is 9.34. The molecule has 2 rings (SSSR count). The van der Waals surface area contributed by atoms with Gasteiger partial charge in [0.2, 0.25) is 0 Å². The summed E-state index contributed by atoms with van der Waals surface area (Å²) in [5.74, 6) is 0.795. The number of hydrogen-bond donors (Lipinski definition) is 3. The van der Waals surface area contributed by atoms with Crippen LogP contribution in [0.4, 0.5) is 0 Å². The maximum Gasteiger partial charge on any atom is 0.191 e. The van der Waals surface area contributed by atoms with Crippen molar-refractivity contribution in [1.82, 2.24) is 10.6 Å². The summed E-state index contributed by atoms with van der Waals surface area (Å²) in [5, 5.41) is 16.1. The lowest BCUT2D eigenvalue weighted by molar-refractivity contribution is 0.127. The van der Waals surface area contributed by atoms with Gasteiger partial charge in [-0.15, -0.1) is 24.0 Å². The highest BCUT2D eigenvalue weighted by atomic mass is 127. The lowest BCUT2D eigenvalue weighted by Gasteiger charge is -2.27. The number of benzene rings is 1. The fourth-order valence-corrected chi connectivity index (χ4v) is 3.08. The first-order chi connectivity index (χ1) is 12.2. The van der Waals surface area contributed by atoms with Crippen molar-refractivity contribution in [2.75, 3.05) is 40.0 Å². The van der Waals surface area contributed by atoms with Gasteiger partial charge in [0, 0.05) is 38.8 Å². The van der Waals surface area contributed by atoms with Crippen LogP contribution < -0.4 is 10.6 Å². The van der Waals surface area contributed by atoms with E-state index in [1.807, 2.05) is 6.07 Å². The normalized spacial score (nSPS) is 19.9. The molecule has 0 aromatic heterocycles. The second-order valence-corrected chi connectivity index (χ2v) is 6.58. The van der Waals surface area contributed by atoms with Crippen molar-refractivity contribution in [3.63, 3.8) is 0 Å². The third-order valence-corrected chi connectivity index (χ3v) is 4.52. The summed E-state index contributed by atoms with van der Waals surface area (Å²) in [6.45, 7) is 6.47. The quantitative estimate of drug-likeness (QED) is 0.289. The Morgan fingerprint density at radius 3 is 2.81 bits per heavy atom. The van der Waals surface area contributed by atoms with Crippen LogP contribution >= 0.6 is 24.0 Å². The van der Waals surface area contributed by atoms with Crippen LogP contribution in [-0.4, -0.2) is 51.1 Å². The fourth-order valence-electron chi connectivity index (χ4n) is 3.08. The highest BCUT2D eigenvalue weighted by Crippen LogP contribution is 2.31. The van der Waals surface area contributed by atoms with E-state index in [9.17, 15) is 5.11 Å². The predicted molar refractivity (Wildman–Crippen MR) is 115 cm³/mol. The van der Waals surface area contributed by atoms with Crippen LogP contribution in [0.1, 0.15) is 30.9 Å². The van der Waals surface area contributed by atoms with Gasteiger partial charge >= 0.3 is 0 Å². The zero-order valence-electron chi connectivity index (χ0n) is 15.8. The molecular formula is C19H32IN3O3. The Morgan fingerprint density at radius 2 is 2.15 bits per heavy atom. The van der Waals surface area contributed by atoms with Crippen LogP contribution in [-0.2, 0) is 22.6 Å². The van der Waals surface area contributed by atoms with Gasteiger partial charge in [0.15, 0.2) is 5.96 Å². The molecule has 148 valence electrons. The van der Waals surface area contributed by atoms with Crippen LogP contribution in [0.2, 0.25) is 0 Å². The number of methoxy groups -OCH3 is 1. The zero-order chi connectivity index (χ0) is 18.0. The molecule has 7 heteroatoms. The SMILES string of the molecule is CCNC(=NCc1cccc(COC)c1)NCC1(CCO)CCOC1.I. The van der Waals surface area contributed by atoms with E-state index in [4.69, 9.17) is 9.47 Å². The molecular weight excluding hydrogens is 445 g/mol. The van der Waals surface area contributed by atoms with Gasteiger partial charge in [0.25, 0.3) is 0 Å². The Hall–Kier alpha value is -0.900. The predicted octanol–water partition coefficient (Wildman–Crippen LogP) is 2.30. The monoisotopic (exact) mass is 477 g/mol. The van der Waals surface area contributed by atoms with E-state index >= 15 is 0 Å². The molecule has 0 saturated carbocycles. The minimum absolute atomic E-state index is 0. The first kappa shape index (κ1) is 23.1. The number of nitrogens with zero attached hydrogens (tertiary/aromatic N) is 1. The third kappa shape index (κ3) is 7.38. The molecule has 0 bridgehead atoms. The van der Waals surface area contributed by atoms with Crippen molar-refractivity contribution in [2.24, 2.45) is 10.4 Å². The first-order valence-corrected chi connectivity index (χ1v) is 8.99. The average molecular weight is 477 g/mol. The summed E-state index contributed by atoms with van der Waals surface area (Å²) in [6, 6.07) is 8.28. The Bertz CT molecular complexity index is 549. The third-order valence-electron chi connectivity index (χ3n) is 4.52. The number of nitrogens with one attached hydrogen (secondary N) is 2. The molecule has 1 aromatic carbocycles. The van der Waals surface area contributed by atoms with Crippen LogP contribution in [0, 0.1) is 5.41 Å². The van der Waals surface area contributed by atoms with Gasteiger partial charge in [-0.1, -0.05) is 24.3 Å². The molecule has 0 aliphatic carbocycles. The summed E-state index contributed by atoms with van der Waals surface area (Å²) in [5.41, 5.74) is 2.31. The second kappa shape index (κ2) is 12.5. The molecule has 1 unspecified atom stereocenters. The Morgan fingerprint density at radius 1 is 1.35 bits per heavy atom. The average Bonchev–Trinajstić information content (AvgIpc) is 3.07. The topological polar surface area (TPSA) is 75.1 Å². The molecule has 1 aromatic rings. The standard InChI is InChI=1S/C19H31N3O3.HI/c1-3-20-18(22-14-19(7-9-23)8-10-25-15-19)21-12-16-5-4-6-17(11-16)13-24-2;/h4-6,11,23H,3,7-10,12-15H2,1-2H3,(H2,20,21,22);1H.